The number of aromatic carboxylic acids is 1. The number of aryl methyl sites for hydroxylation is 1. The minimum absolute atomic E-state index is 0.205. The number of halogens is 1. The van der Waals surface area contributed by atoms with E-state index >= 15 is 0 Å². The minimum atomic E-state index is -0.996. The van der Waals surface area contributed by atoms with Crippen molar-refractivity contribution in [1.29, 1.82) is 0 Å². The van der Waals surface area contributed by atoms with E-state index in [-0.39, 0.29) is 5.56 Å². The van der Waals surface area contributed by atoms with E-state index in [1.165, 1.54) is 12.1 Å². The fourth-order valence-electron chi connectivity index (χ4n) is 1.60. The average Bonchev–Trinajstić information content (AvgIpc) is 2.27. The van der Waals surface area contributed by atoms with E-state index < -0.39 is 18.2 Å². The van der Waals surface area contributed by atoms with Gasteiger partial charge < -0.3 is 15.3 Å². The number of carboxylic acids is 1. The van der Waals surface area contributed by atoms with Crippen LogP contribution in [0.4, 0.5) is 0 Å². The molecule has 94 valence electrons. The van der Waals surface area contributed by atoms with Crippen molar-refractivity contribution in [3.05, 3.63) is 34.9 Å². The minimum Gasteiger partial charge on any atom is -0.478 e. The molecule has 0 amide bonds. The highest BCUT2D eigenvalue weighted by Gasteiger charge is 2.19. The molecule has 0 spiro atoms. The van der Waals surface area contributed by atoms with Crippen LogP contribution in [0.1, 0.15) is 34.0 Å². The first kappa shape index (κ1) is 14.2. The van der Waals surface area contributed by atoms with Crippen LogP contribution in [0.2, 0.25) is 0 Å². The molecule has 0 saturated heterocycles. The largest absolute Gasteiger partial charge is 0.478 e. The third kappa shape index (κ3) is 3.52. The third-order valence-corrected chi connectivity index (χ3v) is 3.05. The van der Waals surface area contributed by atoms with Gasteiger partial charge in [-0.3, -0.25) is 0 Å². The summed E-state index contributed by atoms with van der Waals surface area (Å²) in [5.41, 5.74) is 1.30. The third-order valence-electron chi connectivity index (χ3n) is 2.59. The molecule has 0 saturated carbocycles. The number of hydrogen-bond donors (Lipinski definition) is 3. The Morgan fingerprint density at radius 3 is 2.53 bits per heavy atom. The molecule has 1 aromatic carbocycles. The van der Waals surface area contributed by atoms with E-state index in [9.17, 15) is 15.0 Å². The fraction of sp³-hybridized carbons (Fsp3) is 0.417. The first-order valence-corrected chi connectivity index (χ1v) is 6.35. The predicted molar refractivity (Wildman–Crippen MR) is 67.5 cm³/mol. The Kier molecular flexibility index (Phi) is 5.11. The number of aliphatic hydroxyl groups excluding tert-OH is 2. The molecule has 2 atom stereocenters. The first-order chi connectivity index (χ1) is 7.97. The van der Waals surface area contributed by atoms with Gasteiger partial charge in [0.15, 0.2) is 0 Å². The average molecular weight is 303 g/mol. The molecular weight excluding hydrogens is 288 g/mol. The van der Waals surface area contributed by atoms with Gasteiger partial charge in [-0.1, -0.05) is 28.1 Å². The molecule has 0 fully saturated rings. The summed E-state index contributed by atoms with van der Waals surface area (Å²) in [7, 11) is 0. The standard InChI is InChI=1S/C12H15BrO4/c1-7-6-8(2-3-9(7)12(16)17)11(15)10(14)4-5-13/h2-3,6,10-11,14-15H,4-5H2,1H3,(H,16,17). The number of carboxylic acid groups (broad SMARTS) is 1. The summed E-state index contributed by atoms with van der Waals surface area (Å²) in [5, 5.41) is 29.0. The van der Waals surface area contributed by atoms with Gasteiger partial charge in [0, 0.05) is 5.33 Å². The summed E-state index contributed by atoms with van der Waals surface area (Å²) in [4.78, 5) is 10.8. The van der Waals surface area contributed by atoms with Crippen LogP contribution in [0.5, 0.6) is 0 Å². The van der Waals surface area contributed by atoms with Crippen molar-refractivity contribution in [1.82, 2.24) is 0 Å². The zero-order chi connectivity index (χ0) is 13.0. The Hall–Kier alpha value is -0.910. The molecule has 0 aromatic heterocycles. The first-order valence-electron chi connectivity index (χ1n) is 5.23. The molecule has 17 heavy (non-hydrogen) atoms. The number of rotatable bonds is 5. The summed E-state index contributed by atoms with van der Waals surface area (Å²) in [5.74, 6) is -0.996. The molecule has 2 unspecified atom stereocenters. The second-order valence-corrected chi connectivity index (χ2v) is 4.66. The quantitative estimate of drug-likeness (QED) is 0.726. The van der Waals surface area contributed by atoms with Crippen LogP contribution in [-0.4, -0.2) is 32.7 Å². The maximum atomic E-state index is 10.8. The lowest BCUT2D eigenvalue weighted by Crippen LogP contribution is -2.19. The molecular formula is C12H15BrO4. The molecule has 5 heteroatoms. The van der Waals surface area contributed by atoms with Crippen molar-refractivity contribution in [3.63, 3.8) is 0 Å². The molecule has 0 heterocycles. The van der Waals surface area contributed by atoms with E-state index in [0.29, 0.717) is 22.9 Å². The number of aliphatic hydroxyl groups is 2. The molecule has 0 aliphatic heterocycles. The van der Waals surface area contributed by atoms with Gasteiger partial charge in [0.05, 0.1) is 11.7 Å². The molecule has 0 radical (unpaired) electrons. The van der Waals surface area contributed by atoms with Crippen LogP contribution in [0.3, 0.4) is 0 Å². The molecule has 0 aliphatic rings. The number of alkyl halides is 1. The Bertz CT molecular complexity index is 405. The van der Waals surface area contributed by atoms with E-state index in [4.69, 9.17) is 5.11 Å². The lowest BCUT2D eigenvalue weighted by molar-refractivity contribution is 0.0173. The van der Waals surface area contributed by atoms with Crippen molar-refractivity contribution in [2.24, 2.45) is 0 Å². The van der Waals surface area contributed by atoms with Crippen LogP contribution in [-0.2, 0) is 0 Å². The second kappa shape index (κ2) is 6.14. The highest BCUT2D eigenvalue weighted by atomic mass is 79.9. The van der Waals surface area contributed by atoms with E-state index in [0.717, 1.165) is 0 Å². The normalized spacial score (nSPS) is 14.4. The molecule has 1 rings (SSSR count). The van der Waals surface area contributed by atoms with Crippen molar-refractivity contribution < 1.29 is 20.1 Å². The van der Waals surface area contributed by atoms with Crippen molar-refractivity contribution in [3.8, 4) is 0 Å². The van der Waals surface area contributed by atoms with Crippen LogP contribution < -0.4 is 0 Å². The van der Waals surface area contributed by atoms with Crippen LogP contribution in [0.15, 0.2) is 18.2 Å². The van der Waals surface area contributed by atoms with Crippen LogP contribution >= 0.6 is 15.9 Å². The van der Waals surface area contributed by atoms with Crippen LogP contribution in [0, 0.1) is 6.92 Å². The van der Waals surface area contributed by atoms with Crippen LogP contribution in [0.25, 0.3) is 0 Å². The van der Waals surface area contributed by atoms with Gasteiger partial charge in [0.1, 0.15) is 6.10 Å². The smallest absolute Gasteiger partial charge is 0.335 e. The molecule has 0 bridgehead atoms. The summed E-state index contributed by atoms with van der Waals surface area (Å²) < 4.78 is 0. The highest BCUT2D eigenvalue weighted by molar-refractivity contribution is 9.09. The van der Waals surface area contributed by atoms with Crippen molar-refractivity contribution in [2.75, 3.05) is 5.33 Å². The summed E-state index contributed by atoms with van der Waals surface area (Å²) in [6.45, 7) is 1.66. The van der Waals surface area contributed by atoms with Gasteiger partial charge >= 0.3 is 5.97 Å². The second-order valence-electron chi connectivity index (χ2n) is 3.87. The van der Waals surface area contributed by atoms with Gasteiger partial charge in [-0.2, -0.15) is 0 Å². The molecule has 0 aliphatic carbocycles. The predicted octanol–water partition coefficient (Wildman–Crippen LogP) is 1.87. The molecule has 1 aromatic rings. The van der Waals surface area contributed by atoms with Gasteiger partial charge in [0.25, 0.3) is 0 Å². The zero-order valence-corrected chi connectivity index (χ0v) is 11.0. The van der Waals surface area contributed by atoms with Gasteiger partial charge in [0.2, 0.25) is 0 Å². The van der Waals surface area contributed by atoms with Gasteiger partial charge in [-0.25, -0.2) is 4.79 Å². The van der Waals surface area contributed by atoms with Crippen molar-refractivity contribution in [2.45, 2.75) is 25.6 Å². The lowest BCUT2D eigenvalue weighted by atomic mass is 9.98. The van der Waals surface area contributed by atoms with Gasteiger partial charge in [-0.15, -0.1) is 0 Å². The zero-order valence-electron chi connectivity index (χ0n) is 9.43. The topological polar surface area (TPSA) is 77.8 Å². The fourth-order valence-corrected chi connectivity index (χ4v) is 2.07. The van der Waals surface area contributed by atoms with E-state index in [1.54, 1.807) is 13.0 Å². The summed E-state index contributed by atoms with van der Waals surface area (Å²) in [6, 6.07) is 4.56. The monoisotopic (exact) mass is 302 g/mol. The number of hydrogen-bond acceptors (Lipinski definition) is 3. The molecule has 4 nitrogen and oxygen atoms in total. The lowest BCUT2D eigenvalue weighted by Gasteiger charge is -2.18. The Morgan fingerprint density at radius 1 is 1.41 bits per heavy atom. The maximum Gasteiger partial charge on any atom is 0.335 e. The maximum absolute atomic E-state index is 10.8. The SMILES string of the molecule is Cc1cc(C(O)C(O)CCBr)ccc1C(=O)O. The summed E-state index contributed by atoms with van der Waals surface area (Å²) in [6.07, 6.45) is -1.42. The Balaban J connectivity index is 2.93. The Labute approximate surface area is 108 Å². The van der Waals surface area contributed by atoms with Gasteiger partial charge in [-0.05, 0) is 30.5 Å². The van der Waals surface area contributed by atoms with E-state index in [2.05, 4.69) is 15.9 Å². The number of benzene rings is 1. The number of carbonyl (C=O) groups is 1. The highest BCUT2D eigenvalue weighted by Crippen LogP contribution is 2.22. The van der Waals surface area contributed by atoms with Crippen molar-refractivity contribution >= 4 is 21.9 Å². The molecule has 3 N–H and O–H groups in total. The van der Waals surface area contributed by atoms with E-state index in [1.807, 2.05) is 0 Å². The summed E-state index contributed by atoms with van der Waals surface area (Å²) >= 11 is 3.19. The Morgan fingerprint density at radius 2 is 2.06 bits per heavy atom.